The molecule has 0 aromatic carbocycles. The predicted molar refractivity (Wildman–Crippen MR) is 83.5 cm³/mol. The summed E-state index contributed by atoms with van der Waals surface area (Å²) in [6, 6.07) is 1.52. The monoisotopic (exact) mass is 306 g/mol. The van der Waals surface area contributed by atoms with E-state index in [9.17, 15) is 0 Å². The Kier molecular flexibility index (Phi) is 10.1. The minimum atomic E-state index is -0.759. The first-order valence-electron chi connectivity index (χ1n) is 7.10. The van der Waals surface area contributed by atoms with Gasteiger partial charge in [-0.1, -0.05) is 87.1 Å². The van der Waals surface area contributed by atoms with Crippen LogP contribution in [0, 0.1) is 0 Å². The van der Waals surface area contributed by atoms with Crippen molar-refractivity contribution in [2.75, 3.05) is 0 Å². The molecule has 0 aromatic rings. The van der Waals surface area contributed by atoms with Gasteiger partial charge in [0.25, 0.3) is 0 Å². The smallest absolute Gasteiger partial charge is 0.0442 e. The predicted octanol–water partition coefficient (Wildman–Crippen LogP) is 6.23. The van der Waals surface area contributed by atoms with Gasteiger partial charge in [0.05, 0.1) is 0 Å². The normalized spacial score (nSPS) is 14.1. The van der Waals surface area contributed by atoms with Crippen molar-refractivity contribution in [3.63, 3.8) is 0 Å². The lowest BCUT2D eigenvalue weighted by molar-refractivity contribution is 0.579. The van der Waals surface area contributed by atoms with Crippen molar-refractivity contribution in [2.24, 2.45) is 0 Å². The molecule has 0 heterocycles. The van der Waals surface area contributed by atoms with Crippen molar-refractivity contribution in [2.45, 2.75) is 88.8 Å². The Hall–Kier alpha value is 0.697. The minimum absolute atomic E-state index is 0.759. The van der Waals surface area contributed by atoms with Crippen molar-refractivity contribution in [1.29, 1.82) is 0 Å². The zero-order valence-corrected chi connectivity index (χ0v) is 14.4. The summed E-state index contributed by atoms with van der Waals surface area (Å²) in [5.41, 5.74) is 0. The van der Waals surface area contributed by atoms with E-state index in [1.165, 1.54) is 57.4 Å². The van der Waals surface area contributed by atoms with Crippen molar-refractivity contribution < 1.29 is 0 Å². The highest BCUT2D eigenvalue weighted by molar-refractivity contribution is 9.09. The Morgan fingerprint density at radius 3 is 1.88 bits per heavy atom. The van der Waals surface area contributed by atoms with Gasteiger partial charge < -0.3 is 0 Å². The SMILES string of the molecule is CCC(Br)CCCCCCCC[Si](C)(C)C. The van der Waals surface area contributed by atoms with E-state index in [0.29, 0.717) is 0 Å². The summed E-state index contributed by atoms with van der Waals surface area (Å²) >= 11 is 3.70. The summed E-state index contributed by atoms with van der Waals surface area (Å²) in [7, 11) is -0.759. The fourth-order valence-electron chi connectivity index (χ4n) is 1.93. The molecular weight excluding hydrogens is 276 g/mol. The molecule has 16 heavy (non-hydrogen) atoms. The first-order valence-corrected chi connectivity index (χ1v) is 11.7. The topological polar surface area (TPSA) is 0 Å². The molecule has 0 N–H and O–H groups in total. The van der Waals surface area contributed by atoms with E-state index in [1.807, 2.05) is 0 Å². The van der Waals surface area contributed by atoms with Gasteiger partial charge in [0.15, 0.2) is 0 Å². The van der Waals surface area contributed by atoms with Crippen LogP contribution in [0.2, 0.25) is 25.7 Å². The summed E-state index contributed by atoms with van der Waals surface area (Å²) in [6.07, 6.45) is 11.4. The zero-order chi connectivity index (χ0) is 12.4. The van der Waals surface area contributed by atoms with E-state index in [2.05, 4.69) is 42.5 Å². The van der Waals surface area contributed by atoms with Crippen LogP contribution in [0.4, 0.5) is 0 Å². The van der Waals surface area contributed by atoms with Crippen LogP contribution in [0.1, 0.15) is 58.3 Å². The molecule has 0 aromatic heterocycles. The summed E-state index contributed by atoms with van der Waals surface area (Å²) < 4.78 is 0. The lowest BCUT2D eigenvalue weighted by atomic mass is 10.1. The molecule has 0 spiro atoms. The lowest BCUT2D eigenvalue weighted by Crippen LogP contribution is -2.18. The van der Waals surface area contributed by atoms with E-state index < -0.39 is 8.07 Å². The average molecular weight is 307 g/mol. The Bertz CT molecular complexity index is 151. The number of hydrogen-bond acceptors (Lipinski definition) is 0. The fourth-order valence-corrected chi connectivity index (χ4v) is 3.57. The quantitative estimate of drug-likeness (QED) is 0.255. The molecule has 1 unspecified atom stereocenters. The average Bonchev–Trinajstić information content (AvgIpc) is 2.20. The van der Waals surface area contributed by atoms with Gasteiger partial charge in [0, 0.05) is 12.9 Å². The standard InChI is InChI=1S/C14H31BrSi/c1-5-14(15)12-10-8-6-7-9-11-13-16(2,3)4/h14H,5-13H2,1-4H3. The molecule has 0 saturated heterocycles. The highest BCUT2D eigenvalue weighted by Gasteiger charge is 2.11. The number of halogens is 1. The van der Waals surface area contributed by atoms with Crippen LogP contribution in [-0.2, 0) is 0 Å². The second-order valence-corrected chi connectivity index (χ2v) is 13.1. The van der Waals surface area contributed by atoms with Gasteiger partial charge in [0.1, 0.15) is 0 Å². The van der Waals surface area contributed by atoms with Crippen LogP contribution >= 0.6 is 15.9 Å². The van der Waals surface area contributed by atoms with Crippen LogP contribution < -0.4 is 0 Å². The first-order chi connectivity index (χ1) is 7.45. The molecular formula is C14H31BrSi. The molecule has 0 radical (unpaired) electrons. The van der Waals surface area contributed by atoms with E-state index in [-0.39, 0.29) is 0 Å². The van der Waals surface area contributed by atoms with Gasteiger partial charge in [-0.05, 0) is 12.8 Å². The Labute approximate surface area is 113 Å². The molecule has 0 saturated carbocycles. The Morgan fingerprint density at radius 1 is 0.875 bits per heavy atom. The second kappa shape index (κ2) is 9.70. The van der Waals surface area contributed by atoms with Crippen LogP contribution in [-0.4, -0.2) is 12.9 Å². The van der Waals surface area contributed by atoms with E-state index in [0.717, 1.165) is 4.83 Å². The third kappa shape index (κ3) is 12.8. The molecule has 0 aliphatic rings. The van der Waals surface area contributed by atoms with Crippen molar-refractivity contribution in [3.8, 4) is 0 Å². The van der Waals surface area contributed by atoms with Crippen molar-refractivity contribution in [3.05, 3.63) is 0 Å². The molecule has 0 nitrogen and oxygen atoms in total. The number of unbranched alkanes of at least 4 members (excludes halogenated alkanes) is 5. The van der Waals surface area contributed by atoms with Crippen molar-refractivity contribution in [1.82, 2.24) is 0 Å². The summed E-state index contributed by atoms with van der Waals surface area (Å²) in [5, 5.41) is 0. The summed E-state index contributed by atoms with van der Waals surface area (Å²) in [4.78, 5) is 0.763. The fraction of sp³-hybridized carbons (Fsp3) is 1.00. The van der Waals surface area contributed by atoms with Crippen LogP contribution in [0.15, 0.2) is 0 Å². The molecule has 0 aliphatic heterocycles. The van der Waals surface area contributed by atoms with Gasteiger partial charge in [-0.25, -0.2) is 0 Å². The number of hydrogen-bond donors (Lipinski definition) is 0. The minimum Gasteiger partial charge on any atom is -0.0891 e. The van der Waals surface area contributed by atoms with Crippen LogP contribution in [0.5, 0.6) is 0 Å². The number of rotatable bonds is 10. The molecule has 98 valence electrons. The summed E-state index contributed by atoms with van der Waals surface area (Å²) in [6.45, 7) is 9.70. The lowest BCUT2D eigenvalue weighted by Gasteiger charge is -2.14. The molecule has 1 atom stereocenters. The van der Waals surface area contributed by atoms with Gasteiger partial charge in [0.2, 0.25) is 0 Å². The van der Waals surface area contributed by atoms with Gasteiger partial charge in [-0.2, -0.15) is 0 Å². The molecule has 0 fully saturated rings. The van der Waals surface area contributed by atoms with E-state index >= 15 is 0 Å². The van der Waals surface area contributed by atoms with Crippen molar-refractivity contribution >= 4 is 24.0 Å². The van der Waals surface area contributed by atoms with E-state index in [4.69, 9.17) is 0 Å². The van der Waals surface area contributed by atoms with Crippen LogP contribution in [0.3, 0.4) is 0 Å². The molecule has 0 aliphatic carbocycles. The maximum absolute atomic E-state index is 3.70. The number of alkyl halides is 1. The Morgan fingerprint density at radius 2 is 1.38 bits per heavy atom. The van der Waals surface area contributed by atoms with Gasteiger partial charge in [-0.3, -0.25) is 0 Å². The third-order valence-corrected chi connectivity index (χ3v) is 6.10. The van der Waals surface area contributed by atoms with E-state index in [1.54, 1.807) is 0 Å². The maximum Gasteiger partial charge on any atom is 0.0442 e. The highest BCUT2D eigenvalue weighted by Crippen LogP contribution is 2.17. The van der Waals surface area contributed by atoms with Gasteiger partial charge in [-0.15, -0.1) is 0 Å². The highest BCUT2D eigenvalue weighted by atomic mass is 79.9. The maximum atomic E-state index is 3.70. The summed E-state index contributed by atoms with van der Waals surface area (Å²) in [5.74, 6) is 0. The largest absolute Gasteiger partial charge is 0.0891 e. The second-order valence-electron chi connectivity index (χ2n) is 6.23. The third-order valence-electron chi connectivity index (χ3n) is 3.14. The molecule has 2 heteroatoms. The Balaban J connectivity index is 3.10. The van der Waals surface area contributed by atoms with Crippen LogP contribution in [0.25, 0.3) is 0 Å². The molecule has 0 amide bonds. The zero-order valence-electron chi connectivity index (χ0n) is 11.8. The first kappa shape index (κ1) is 16.7. The molecule has 0 bridgehead atoms. The molecule has 0 rings (SSSR count). The van der Waals surface area contributed by atoms with Gasteiger partial charge >= 0.3 is 0 Å².